The Balaban J connectivity index is 1.91. The number of carboxylic acid groups (broad SMARTS) is 1. The van der Waals surface area contributed by atoms with Crippen molar-refractivity contribution >= 4 is 11.9 Å². The van der Waals surface area contributed by atoms with E-state index < -0.39 is 17.3 Å². The number of aliphatic carboxylic acids is 1. The van der Waals surface area contributed by atoms with E-state index in [9.17, 15) is 14.7 Å². The van der Waals surface area contributed by atoms with Gasteiger partial charge in [0.2, 0.25) is 5.76 Å². The Kier molecular flexibility index (Phi) is 3.74. The van der Waals surface area contributed by atoms with Gasteiger partial charge in [0, 0.05) is 6.54 Å². The first-order chi connectivity index (χ1) is 8.64. The van der Waals surface area contributed by atoms with Crippen molar-refractivity contribution in [1.29, 1.82) is 0 Å². The Morgan fingerprint density at radius 3 is 2.61 bits per heavy atom. The SMILES string of the molecule is O=C(NCC1(C(=O)O)CCCC1)C1=COCCO1. The van der Waals surface area contributed by atoms with Gasteiger partial charge in [-0.1, -0.05) is 12.8 Å². The zero-order valence-corrected chi connectivity index (χ0v) is 10.1. The minimum Gasteiger partial charge on any atom is -0.494 e. The van der Waals surface area contributed by atoms with E-state index in [1.807, 2.05) is 0 Å². The van der Waals surface area contributed by atoms with Crippen molar-refractivity contribution < 1.29 is 24.2 Å². The number of carbonyl (C=O) groups excluding carboxylic acids is 1. The predicted octanol–water partition coefficient (Wildman–Crippen LogP) is 0.636. The quantitative estimate of drug-likeness (QED) is 0.770. The Morgan fingerprint density at radius 1 is 1.33 bits per heavy atom. The van der Waals surface area contributed by atoms with Gasteiger partial charge >= 0.3 is 5.97 Å². The summed E-state index contributed by atoms with van der Waals surface area (Å²) < 4.78 is 10.1. The summed E-state index contributed by atoms with van der Waals surface area (Å²) >= 11 is 0. The topological polar surface area (TPSA) is 84.9 Å². The first-order valence-corrected chi connectivity index (χ1v) is 6.10. The van der Waals surface area contributed by atoms with Crippen molar-refractivity contribution in [2.24, 2.45) is 5.41 Å². The predicted molar refractivity (Wildman–Crippen MR) is 61.5 cm³/mol. The van der Waals surface area contributed by atoms with Gasteiger partial charge in [0.1, 0.15) is 19.5 Å². The Morgan fingerprint density at radius 2 is 2.06 bits per heavy atom. The second kappa shape index (κ2) is 5.29. The molecule has 6 nitrogen and oxygen atoms in total. The van der Waals surface area contributed by atoms with Gasteiger partial charge in [0.25, 0.3) is 5.91 Å². The standard InChI is InChI=1S/C12H17NO5/c14-10(9-7-17-5-6-18-9)13-8-12(11(15)16)3-1-2-4-12/h7H,1-6,8H2,(H,13,14)(H,15,16). The maximum Gasteiger partial charge on any atom is 0.311 e. The van der Waals surface area contributed by atoms with E-state index in [4.69, 9.17) is 9.47 Å². The van der Waals surface area contributed by atoms with Crippen LogP contribution in [-0.4, -0.2) is 36.7 Å². The highest BCUT2D eigenvalue weighted by Crippen LogP contribution is 2.37. The average Bonchev–Trinajstić information content (AvgIpc) is 2.87. The molecule has 1 aliphatic heterocycles. The minimum atomic E-state index is -0.838. The molecule has 0 aromatic carbocycles. The molecule has 100 valence electrons. The van der Waals surface area contributed by atoms with Crippen molar-refractivity contribution in [3.05, 3.63) is 12.0 Å². The van der Waals surface area contributed by atoms with Gasteiger partial charge in [-0.3, -0.25) is 9.59 Å². The van der Waals surface area contributed by atoms with Crippen LogP contribution in [0.25, 0.3) is 0 Å². The van der Waals surface area contributed by atoms with E-state index in [2.05, 4.69) is 5.32 Å². The van der Waals surface area contributed by atoms with Crippen LogP contribution in [0.2, 0.25) is 0 Å². The highest BCUT2D eigenvalue weighted by molar-refractivity contribution is 5.91. The summed E-state index contributed by atoms with van der Waals surface area (Å²) in [6.45, 7) is 0.904. The molecule has 2 rings (SSSR count). The van der Waals surface area contributed by atoms with Crippen LogP contribution >= 0.6 is 0 Å². The van der Waals surface area contributed by atoms with Gasteiger partial charge in [0.05, 0.1) is 5.41 Å². The van der Waals surface area contributed by atoms with Crippen molar-refractivity contribution in [2.75, 3.05) is 19.8 Å². The molecule has 1 saturated carbocycles. The van der Waals surface area contributed by atoms with Crippen LogP contribution in [0.3, 0.4) is 0 Å². The van der Waals surface area contributed by atoms with Crippen LogP contribution in [-0.2, 0) is 19.1 Å². The number of hydrogen-bond donors (Lipinski definition) is 2. The molecule has 0 unspecified atom stereocenters. The molecule has 2 N–H and O–H groups in total. The number of amides is 1. The molecule has 2 aliphatic rings. The molecular weight excluding hydrogens is 238 g/mol. The second-order valence-electron chi connectivity index (χ2n) is 4.68. The zero-order chi connectivity index (χ0) is 13.0. The van der Waals surface area contributed by atoms with Crippen LogP contribution in [0.5, 0.6) is 0 Å². The van der Waals surface area contributed by atoms with Crippen LogP contribution in [0.15, 0.2) is 12.0 Å². The third-order valence-corrected chi connectivity index (χ3v) is 3.47. The Labute approximate surface area is 105 Å². The minimum absolute atomic E-state index is 0.111. The molecule has 0 saturated heterocycles. The Hall–Kier alpha value is -1.72. The molecule has 0 bridgehead atoms. The number of carboxylic acids is 1. The normalized spacial score (nSPS) is 21.4. The summed E-state index contributed by atoms with van der Waals surface area (Å²) in [5, 5.41) is 11.9. The summed E-state index contributed by atoms with van der Waals surface area (Å²) in [5.74, 6) is -1.14. The maximum atomic E-state index is 11.7. The Bertz CT molecular complexity index is 371. The molecule has 1 heterocycles. The van der Waals surface area contributed by atoms with Gasteiger partial charge in [0.15, 0.2) is 0 Å². The highest BCUT2D eigenvalue weighted by Gasteiger charge is 2.41. The summed E-state index contributed by atoms with van der Waals surface area (Å²) in [5.41, 5.74) is -0.814. The molecule has 0 aromatic heterocycles. The zero-order valence-electron chi connectivity index (χ0n) is 10.1. The fourth-order valence-corrected chi connectivity index (χ4v) is 2.34. The lowest BCUT2D eigenvalue weighted by atomic mass is 9.86. The molecular formula is C12H17NO5. The first kappa shape index (κ1) is 12.7. The molecule has 18 heavy (non-hydrogen) atoms. The highest BCUT2D eigenvalue weighted by atomic mass is 16.6. The summed E-state index contributed by atoms with van der Waals surface area (Å²) in [6, 6.07) is 0. The third-order valence-electron chi connectivity index (χ3n) is 3.47. The number of rotatable bonds is 4. The van der Waals surface area contributed by atoms with E-state index in [1.165, 1.54) is 6.26 Å². The lowest BCUT2D eigenvalue weighted by molar-refractivity contribution is -0.148. The van der Waals surface area contributed by atoms with Gasteiger partial charge in [-0.25, -0.2) is 0 Å². The summed E-state index contributed by atoms with van der Waals surface area (Å²) in [7, 11) is 0. The van der Waals surface area contributed by atoms with Crippen molar-refractivity contribution in [2.45, 2.75) is 25.7 Å². The summed E-state index contributed by atoms with van der Waals surface area (Å²) in [6.07, 6.45) is 4.27. The fraction of sp³-hybridized carbons (Fsp3) is 0.667. The second-order valence-corrected chi connectivity index (χ2v) is 4.68. The van der Waals surface area contributed by atoms with Gasteiger partial charge in [-0.2, -0.15) is 0 Å². The lowest BCUT2D eigenvalue weighted by Crippen LogP contribution is -2.42. The number of nitrogens with one attached hydrogen (secondary N) is 1. The van der Waals surface area contributed by atoms with E-state index in [1.54, 1.807) is 0 Å². The maximum absolute atomic E-state index is 11.7. The number of carbonyl (C=O) groups is 2. The van der Waals surface area contributed by atoms with Crippen LogP contribution in [0.1, 0.15) is 25.7 Å². The fourth-order valence-electron chi connectivity index (χ4n) is 2.34. The largest absolute Gasteiger partial charge is 0.494 e. The smallest absolute Gasteiger partial charge is 0.311 e. The van der Waals surface area contributed by atoms with E-state index >= 15 is 0 Å². The molecule has 0 radical (unpaired) electrons. The monoisotopic (exact) mass is 255 g/mol. The molecule has 0 aromatic rings. The van der Waals surface area contributed by atoms with Crippen molar-refractivity contribution in [3.63, 3.8) is 0 Å². The molecule has 6 heteroatoms. The molecule has 1 amide bonds. The van der Waals surface area contributed by atoms with Gasteiger partial charge < -0.3 is 19.9 Å². The molecule has 1 fully saturated rings. The molecule has 1 aliphatic carbocycles. The third kappa shape index (κ3) is 2.57. The molecule has 0 spiro atoms. The van der Waals surface area contributed by atoms with Crippen molar-refractivity contribution in [1.82, 2.24) is 5.32 Å². The van der Waals surface area contributed by atoms with Crippen molar-refractivity contribution in [3.8, 4) is 0 Å². The molecule has 0 atom stereocenters. The van der Waals surface area contributed by atoms with E-state index in [0.717, 1.165) is 12.8 Å². The van der Waals surface area contributed by atoms with E-state index in [-0.39, 0.29) is 12.3 Å². The van der Waals surface area contributed by atoms with E-state index in [0.29, 0.717) is 26.1 Å². The lowest BCUT2D eigenvalue weighted by Gasteiger charge is -2.24. The summed E-state index contributed by atoms with van der Waals surface area (Å²) in [4.78, 5) is 23.0. The van der Waals surface area contributed by atoms with Crippen LogP contribution < -0.4 is 5.32 Å². The average molecular weight is 255 g/mol. The van der Waals surface area contributed by atoms with Gasteiger partial charge in [-0.15, -0.1) is 0 Å². The van der Waals surface area contributed by atoms with Crippen LogP contribution in [0, 0.1) is 5.41 Å². The van der Waals surface area contributed by atoms with Crippen LogP contribution in [0.4, 0.5) is 0 Å². The number of hydrogen-bond acceptors (Lipinski definition) is 4. The van der Waals surface area contributed by atoms with Gasteiger partial charge in [-0.05, 0) is 12.8 Å². The first-order valence-electron chi connectivity index (χ1n) is 6.10. The number of ether oxygens (including phenoxy) is 2.